The molecule has 2 nitrogen and oxygen atoms in total. The van der Waals surface area contributed by atoms with Crippen LogP contribution in [0.4, 0.5) is 0 Å². The molecular weight excluding hydrogens is 302 g/mol. The molecule has 0 fully saturated rings. The van der Waals surface area contributed by atoms with Gasteiger partial charge in [0.2, 0.25) is 0 Å². The van der Waals surface area contributed by atoms with E-state index in [9.17, 15) is 4.79 Å². The van der Waals surface area contributed by atoms with Crippen LogP contribution in [0.15, 0.2) is 63.3 Å². The molecule has 122 valence electrons. The molecule has 1 unspecified atom stereocenters. The van der Waals surface area contributed by atoms with Crippen LogP contribution in [-0.2, 0) is 11.3 Å². The summed E-state index contributed by atoms with van der Waals surface area (Å²) in [6.07, 6.45) is 6.20. The first kappa shape index (κ1) is 16.3. The normalized spacial score (nSPS) is 23.2. The van der Waals surface area contributed by atoms with Crippen molar-refractivity contribution in [1.82, 2.24) is 4.90 Å². The molecule has 0 aliphatic carbocycles. The van der Waals surface area contributed by atoms with Gasteiger partial charge in [-0.2, -0.15) is 10.9 Å². The van der Waals surface area contributed by atoms with Crippen molar-refractivity contribution in [1.29, 1.82) is 0 Å². The second-order valence-electron chi connectivity index (χ2n) is 6.16. The first-order valence-electron chi connectivity index (χ1n) is 8.36. The van der Waals surface area contributed by atoms with Gasteiger partial charge in [0, 0.05) is 31.0 Å². The molecule has 0 radical (unpaired) electrons. The Balaban J connectivity index is 1.67. The monoisotopic (exact) mass is 327 g/mol. The number of carbonyl (C=O) groups excluding carboxylic acids is 1. The third-order valence-electron chi connectivity index (χ3n) is 4.50. The molecule has 0 N–H and O–H groups in total. The molecule has 1 atom stereocenters. The summed E-state index contributed by atoms with van der Waals surface area (Å²) in [5, 5.41) is 2.27. The second kappa shape index (κ2) is 7.33. The fraction of sp³-hybridized carbons (Fsp3) is 0.350. The Morgan fingerprint density at radius 1 is 1.26 bits per heavy atom. The molecule has 0 saturated heterocycles. The van der Waals surface area contributed by atoms with Gasteiger partial charge in [0.15, 0.2) is 5.78 Å². The fourth-order valence-electron chi connectivity index (χ4n) is 3.20. The van der Waals surface area contributed by atoms with Gasteiger partial charge in [-0.15, -0.1) is 0 Å². The SMILES string of the molecule is CCC(=O)C1=C(C)C=C[SH]1C1=CCN(Cc2ccccc2)CC1. The van der Waals surface area contributed by atoms with Crippen molar-refractivity contribution in [3.63, 3.8) is 0 Å². The lowest BCUT2D eigenvalue weighted by Gasteiger charge is -2.30. The smallest absolute Gasteiger partial charge is 0.168 e. The third kappa shape index (κ3) is 3.67. The zero-order chi connectivity index (χ0) is 16.2. The molecule has 2 aliphatic heterocycles. The molecule has 0 saturated carbocycles. The summed E-state index contributed by atoms with van der Waals surface area (Å²) < 4.78 is 0. The third-order valence-corrected chi connectivity index (χ3v) is 7.06. The maximum Gasteiger partial charge on any atom is 0.168 e. The number of benzene rings is 1. The largest absolute Gasteiger partial charge is 0.295 e. The summed E-state index contributed by atoms with van der Waals surface area (Å²) >= 11 is 0. The Morgan fingerprint density at radius 3 is 2.70 bits per heavy atom. The number of carbonyl (C=O) groups is 1. The van der Waals surface area contributed by atoms with Crippen LogP contribution in [0, 0.1) is 0 Å². The van der Waals surface area contributed by atoms with Crippen molar-refractivity contribution in [2.75, 3.05) is 13.1 Å². The van der Waals surface area contributed by atoms with Gasteiger partial charge in [-0.3, -0.25) is 9.69 Å². The van der Waals surface area contributed by atoms with Crippen LogP contribution in [0.5, 0.6) is 0 Å². The quantitative estimate of drug-likeness (QED) is 0.800. The van der Waals surface area contributed by atoms with Gasteiger partial charge in [-0.05, 0) is 34.8 Å². The Morgan fingerprint density at radius 2 is 2.04 bits per heavy atom. The summed E-state index contributed by atoms with van der Waals surface area (Å²) in [5.41, 5.74) is 2.55. The number of rotatable bonds is 5. The van der Waals surface area contributed by atoms with E-state index in [1.165, 1.54) is 16.0 Å². The van der Waals surface area contributed by atoms with Gasteiger partial charge in [-0.1, -0.05) is 49.4 Å². The highest BCUT2D eigenvalue weighted by atomic mass is 32.2. The van der Waals surface area contributed by atoms with Crippen molar-refractivity contribution in [2.24, 2.45) is 0 Å². The summed E-state index contributed by atoms with van der Waals surface area (Å²) in [6.45, 7) is 7.12. The van der Waals surface area contributed by atoms with Crippen LogP contribution in [0.3, 0.4) is 0 Å². The fourth-order valence-corrected chi connectivity index (χ4v) is 5.70. The topological polar surface area (TPSA) is 20.3 Å². The van der Waals surface area contributed by atoms with Crippen LogP contribution in [0.2, 0.25) is 0 Å². The van der Waals surface area contributed by atoms with Gasteiger partial charge in [0.05, 0.1) is 0 Å². The van der Waals surface area contributed by atoms with Gasteiger partial charge in [0.1, 0.15) is 0 Å². The molecule has 3 heteroatoms. The molecule has 0 aromatic heterocycles. The van der Waals surface area contributed by atoms with Gasteiger partial charge < -0.3 is 0 Å². The van der Waals surface area contributed by atoms with Crippen LogP contribution in [0.25, 0.3) is 0 Å². The number of hydrogen-bond donors (Lipinski definition) is 1. The minimum atomic E-state index is -0.506. The number of Topliss-reactive ketones (excluding diaryl/α,β-unsaturated/α-hetero) is 1. The molecule has 0 bridgehead atoms. The molecule has 0 spiro atoms. The molecule has 23 heavy (non-hydrogen) atoms. The Kier molecular flexibility index (Phi) is 5.19. The maximum atomic E-state index is 12.3. The number of thiol groups is 1. The van der Waals surface area contributed by atoms with Gasteiger partial charge in [0.25, 0.3) is 0 Å². The molecule has 3 rings (SSSR count). The van der Waals surface area contributed by atoms with Crippen molar-refractivity contribution in [3.05, 3.63) is 68.8 Å². The van der Waals surface area contributed by atoms with Crippen molar-refractivity contribution >= 4 is 16.7 Å². The molecule has 0 amide bonds. The van der Waals surface area contributed by atoms with E-state index in [1.807, 2.05) is 6.92 Å². The summed E-state index contributed by atoms with van der Waals surface area (Å²) in [4.78, 5) is 17.3. The highest BCUT2D eigenvalue weighted by Crippen LogP contribution is 2.52. The van der Waals surface area contributed by atoms with Gasteiger partial charge in [-0.25, -0.2) is 0 Å². The number of ketones is 1. The van der Waals surface area contributed by atoms with Crippen LogP contribution in [0.1, 0.15) is 32.3 Å². The van der Waals surface area contributed by atoms with E-state index >= 15 is 0 Å². The van der Waals surface area contributed by atoms with E-state index in [-0.39, 0.29) is 0 Å². The molecule has 1 aromatic carbocycles. The van der Waals surface area contributed by atoms with Gasteiger partial charge >= 0.3 is 0 Å². The van der Waals surface area contributed by atoms with E-state index in [1.54, 1.807) is 0 Å². The van der Waals surface area contributed by atoms with Crippen molar-refractivity contribution < 1.29 is 4.79 Å². The molecule has 2 aliphatic rings. The van der Waals surface area contributed by atoms with Crippen molar-refractivity contribution in [2.45, 2.75) is 33.2 Å². The first-order chi connectivity index (χ1) is 11.2. The summed E-state index contributed by atoms with van der Waals surface area (Å²) in [5.74, 6) is 0.325. The first-order valence-corrected chi connectivity index (χ1v) is 9.77. The number of hydrogen-bond acceptors (Lipinski definition) is 2. The lowest BCUT2D eigenvalue weighted by Crippen LogP contribution is -2.28. The van der Waals surface area contributed by atoms with Crippen molar-refractivity contribution in [3.8, 4) is 0 Å². The zero-order valence-electron chi connectivity index (χ0n) is 14.0. The minimum Gasteiger partial charge on any atom is -0.295 e. The van der Waals surface area contributed by atoms with Crippen LogP contribution >= 0.6 is 10.9 Å². The Bertz CT molecular complexity index is 672. The molecule has 1 aromatic rings. The lowest BCUT2D eigenvalue weighted by molar-refractivity contribution is -0.114. The minimum absolute atomic E-state index is 0.325. The van der Waals surface area contributed by atoms with Crippen LogP contribution < -0.4 is 0 Å². The number of allylic oxidation sites excluding steroid dienone is 3. The summed E-state index contributed by atoms with van der Waals surface area (Å²) in [7, 11) is -0.506. The predicted octanol–water partition coefficient (Wildman–Crippen LogP) is 4.56. The Hall–Kier alpha value is -1.58. The van der Waals surface area contributed by atoms with Crippen LogP contribution in [-0.4, -0.2) is 23.8 Å². The maximum absolute atomic E-state index is 12.3. The number of nitrogens with zero attached hydrogens (tertiary/aromatic N) is 1. The lowest BCUT2D eigenvalue weighted by atomic mass is 10.2. The second-order valence-corrected chi connectivity index (χ2v) is 8.22. The highest BCUT2D eigenvalue weighted by molar-refractivity contribution is 8.27. The standard InChI is InChI=1S/C20H25NOS/c1-3-19(22)20-16(2)11-14-23(20)18-9-12-21(13-10-18)15-17-7-5-4-6-8-17/h4-9,11,14,23H,3,10,12-13,15H2,1-2H3. The van der Waals surface area contributed by atoms with E-state index in [0.29, 0.717) is 12.2 Å². The molecular formula is C20H25NOS. The average molecular weight is 327 g/mol. The molecule has 2 heterocycles. The predicted molar refractivity (Wildman–Crippen MR) is 101 cm³/mol. The highest BCUT2D eigenvalue weighted by Gasteiger charge is 2.25. The summed E-state index contributed by atoms with van der Waals surface area (Å²) in [6, 6.07) is 10.6. The van der Waals surface area contributed by atoms with E-state index in [2.05, 4.69) is 59.7 Å². The van der Waals surface area contributed by atoms with E-state index in [0.717, 1.165) is 31.0 Å². The zero-order valence-corrected chi connectivity index (χ0v) is 14.9. The van der Waals surface area contributed by atoms with E-state index < -0.39 is 10.9 Å². The average Bonchev–Trinajstić information content (AvgIpc) is 2.97. The Labute approximate surface area is 141 Å². The van der Waals surface area contributed by atoms with E-state index in [4.69, 9.17) is 0 Å².